The number of thiophene rings is 1. The molecule has 4 rings (SSSR count). The van der Waals surface area contributed by atoms with Crippen molar-refractivity contribution < 1.29 is 4.79 Å². The number of aromatic amines is 1. The Labute approximate surface area is 163 Å². The summed E-state index contributed by atoms with van der Waals surface area (Å²) < 4.78 is 2.84. The van der Waals surface area contributed by atoms with Gasteiger partial charge in [0.25, 0.3) is 5.56 Å². The molecular weight excluding hydrogens is 378 g/mol. The number of aromatic nitrogens is 4. The molecule has 3 aromatic heterocycles. The Hall–Kier alpha value is -3.46. The quantitative estimate of drug-likeness (QED) is 0.553. The topological polar surface area (TPSA) is 102 Å². The molecule has 0 unspecified atom stereocenters. The molecule has 0 aliphatic carbocycles. The molecule has 0 aliphatic rings. The Morgan fingerprint density at radius 1 is 1.21 bits per heavy atom. The van der Waals surface area contributed by atoms with E-state index in [-0.39, 0.29) is 12.1 Å². The highest BCUT2D eigenvalue weighted by atomic mass is 32.1. The Balaban J connectivity index is 1.82. The van der Waals surface area contributed by atoms with Gasteiger partial charge in [0.2, 0.25) is 5.91 Å². The van der Waals surface area contributed by atoms with Crippen molar-refractivity contribution in [2.24, 2.45) is 0 Å². The second-order valence-electron chi connectivity index (χ2n) is 6.47. The van der Waals surface area contributed by atoms with Crippen LogP contribution in [0.3, 0.4) is 0 Å². The first kappa shape index (κ1) is 17.9. The molecule has 0 fully saturated rings. The van der Waals surface area contributed by atoms with Crippen LogP contribution in [0.4, 0.5) is 5.82 Å². The monoisotopic (exact) mass is 395 g/mol. The van der Waals surface area contributed by atoms with Gasteiger partial charge in [0, 0.05) is 11.8 Å². The lowest BCUT2D eigenvalue weighted by atomic mass is 10.2. The van der Waals surface area contributed by atoms with Crippen molar-refractivity contribution in [3.8, 4) is 5.69 Å². The molecule has 3 heterocycles. The normalized spacial score (nSPS) is 11.1. The van der Waals surface area contributed by atoms with Gasteiger partial charge in [-0.1, -0.05) is 12.1 Å². The van der Waals surface area contributed by atoms with Gasteiger partial charge in [-0.3, -0.25) is 19.3 Å². The molecule has 9 heteroatoms. The number of carbonyl (C=O) groups excluding carboxylic acids is 1. The van der Waals surface area contributed by atoms with Crippen molar-refractivity contribution in [3.63, 3.8) is 0 Å². The molecule has 0 atom stereocenters. The van der Waals surface area contributed by atoms with Crippen molar-refractivity contribution in [2.45, 2.75) is 20.4 Å². The summed E-state index contributed by atoms with van der Waals surface area (Å²) in [6.07, 6.45) is 0. The van der Waals surface area contributed by atoms with Gasteiger partial charge >= 0.3 is 5.69 Å². The molecule has 0 saturated heterocycles. The standard InChI is InChI=1S/C19H17N5O3S/c1-11-4-3-5-13(8-11)24-18(26)17-14(6-7-28-17)23(19(24)27)10-16(25)20-15-9-12(2)21-22-15/h3-9H,10H2,1-2H3,(H2,20,21,22,25). The van der Waals surface area contributed by atoms with Crippen molar-refractivity contribution in [2.75, 3.05) is 5.32 Å². The molecule has 0 bridgehead atoms. The number of anilines is 1. The van der Waals surface area contributed by atoms with Gasteiger partial charge < -0.3 is 5.32 Å². The zero-order chi connectivity index (χ0) is 19.8. The van der Waals surface area contributed by atoms with Gasteiger partial charge in [-0.05, 0) is 43.0 Å². The molecule has 0 aliphatic heterocycles. The molecule has 28 heavy (non-hydrogen) atoms. The fraction of sp³-hybridized carbons (Fsp3) is 0.158. The van der Waals surface area contributed by atoms with Crippen LogP contribution in [-0.2, 0) is 11.3 Å². The largest absolute Gasteiger partial charge is 0.336 e. The van der Waals surface area contributed by atoms with Gasteiger partial charge in [-0.15, -0.1) is 11.3 Å². The smallest absolute Gasteiger partial charge is 0.308 e. The van der Waals surface area contributed by atoms with Crippen LogP contribution in [0.1, 0.15) is 11.3 Å². The Bertz CT molecular complexity index is 1310. The van der Waals surface area contributed by atoms with E-state index in [0.717, 1.165) is 15.8 Å². The number of aryl methyl sites for hydroxylation is 2. The second kappa shape index (κ2) is 6.93. The van der Waals surface area contributed by atoms with Crippen LogP contribution in [0.2, 0.25) is 0 Å². The van der Waals surface area contributed by atoms with E-state index >= 15 is 0 Å². The second-order valence-corrected chi connectivity index (χ2v) is 7.38. The minimum Gasteiger partial charge on any atom is -0.308 e. The van der Waals surface area contributed by atoms with E-state index in [1.165, 1.54) is 15.9 Å². The molecular formula is C19H17N5O3S. The fourth-order valence-corrected chi connectivity index (χ4v) is 3.87. The molecule has 8 nitrogen and oxygen atoms in total. The van der Waals surface area contributed by atoms with Gasteiger partial charge in [-0.2, -0.15) is 5.10 Å². The lowest BCUT2D eigenvalue weighted by Gasteiger charge is -2.12. The van der Waals surface area contributed by atoms with Crippen molar-refractivity contribution >= 4 is 33.3 Å². The minimum absolute atomic E-state index is 0.232. The van der Waals surface area contributed by atoms with Crippen LogP contribution in [0.25, 0.3) is 15.9 Å². The highest BCUT2D eigenvalue weighted by Crippen LogP contribution is 2.17. The maximum Gasteiger partial charge on any atom is 0.336 e. The van der Waals surface area contributed by atoms with Crippen LogP contribution in [0.15, 0.2) is 51.4 Å². The first-order valence-corrected chi connectivity index (χ1v) is 9.44. The van der Waals surface area contributed by atoms with E-state index in [9.17, 15) is 14.4 Å². The van der Waals surface area contributed by atoms with Crippen LogP contribution >= 0.6 is 11.3 Å². The van der Waals surface area contributed by atoms with Crippen LogP contribution < -0.4 is 16.6 Å². The Kier molecular flexibility index (Phi) is 4.44. The average molecular weight is 395 g/mol. The van der Waals surface area contributed by atoms with E-state index < -0.39 is 11.6 Å². The maximum absolute atomic E-state index is 13.1. The third kappa shape index (κ3) is 3.16. The summed E-state index contributed by atoms with van der Waals surface area (Å²) in [6, 6.07) is 10.5. The molecule has 1 amide bonds. The lowest BCUT2D eigenvalue weighted by molar-refractivity contribution is -0.116. The number of rotatable bonds is 4. The summed E-state index contributed by atoms with van der Waals surface area (Å²) in [5.74, 6) is -0.0281. The fourth-order valence-electron chi connectivity index (χ4n) is 3.04. The van der Waals surface area contributed by atoms with E-state index in [0.29, 0.717) is 21.7 Å². The van der Waals surface area contributed by atoms with Crippen LogP contribution in [-0.4, -0.2) is 25.2 Å². The number of H-pyrrole nitrogens is 1. The van der Waals surface area contributed by atoms with Crippen molar-refractivity contribution in [1.82, 2.24) is 19.3 Å². The SMILES string of the molecule is Cc1cccc(-n2c(=O)c3sccc3n(CC(=O)Nc3cc(C)[nH]n3)c2=O)c1. The van der Waals surface area contributed by atoms with Crippen LogP contribution in [0, 0.1) is 13.8 Å². The Morgan fingerprint density at radius 2 is 2.04 bits per heavy atom. The third-order valence-corrected chi connectivity index (χ3v) is 5.18. The molecule has 0 spiro atoms. The third-order valence-electron chi connectivity index (χ3n) is 4.29. The van der Waals surface area contributed by atoms with E-state index in [1.54, 1.807) is 35.7 Å². The summed E-state index contributed by atoms with van der Waals surface area (Å²) in [6.45, 7) is 3.47. The highest BCUT2D eigenvalue weighted by Gasteiger charge is 2.18. The van der Waals surface area contributed by atoms with Crippen molar-refractivity contribution in [1.29, 1.82) is 0 Å². The average Bonchev–Trinajstić information content (AvgIpc) is 3.28. The number of nitrogens with zero attached hydrogens (tertiary/aromatic N) is 3. The maximum atomic E-state index is 13.1. The van der Waals surface area contributed by atoms with E-state index in [4.69, 9.17) is 0 Å². The number of nitrogens with one attached hydrogen (secondary N) is 2. The highest BCUT2D eigenvalue weighted by molar-refractivity contribution is 7.17. The molecule has 4 aromatic rings. The summed E-state index contributed by atoms with van der Waals surface area (Å²) in [5.41, 5.74) is 1.70. The van der Waals surface area contributed by atoms with Gasteiger partial charge in [0.1, 0.15) is 11.2 Å². The molecule has 142 valence electrons. The first-order chi connectivity index (χ1) is 13.4. The molecule has 1 aromatic carbocycles. The van der Waals surface area contributed by atoms with E-state index in [1.807, 2.05) is 19.9 Å². The summed E-state index contributed by atoms with van der Waals surface area (Å²) >= 11 is 1.24. The number of amides is 1. The lowest BCUT2D eigenvalue weighted by Crippen LogP contribution is -2.40. The predicted molar refractivity (Wildman–Crippen MR) is 108 cm³/mol. The first-order valence-electron chi connectivity index (χ1n) is 8.56. The number of hydrogen-bond acceptors (Lipinski definition) is 5. The number of benzene rings is 1. The van der Waals surface area contributed by atoms with Gasteiger partial charge in [0.05, 0.1) is 11.2 Å². The summed E-state index contributed by atoms with van der Waals surface area (Å²) in [5, 5.41) is 11.1. The number of hydrogen-bond donors (Lipinski definition) is 2. The zero-order valence-electron chi connectivity index (χ0n) is 15.2. The summed E-state index contributed by atoms with van der Waals surface area (Å²) in [7, 11) is 0. The number of fused-ring (bicyclic) bond motifs is 1. The van der Waals surface area contributed by atoms with Gasteiger partial charge in [-0.25, -0.2) is 9.36 Å². The van der Waals surface area contributed by atoms with E-state index in [2.05, 4.69) is 15.5 Å². The number of carbonyl (C=O) groups is 1. The van der Waals surface area contributed by atoms with Crippen LogP contribution in [0.5, 0.6) is 0 Å². The minimum atomic E-state index is -0.560. The molecule has 2 N–H and O–H groups in total. The molecule has 0 saturated carbocycles. The predicted octanol–water partition coefficient (Wildman–Crippen LogP) is 2.19. The van der Waals surface area contributed by atoms with Gasteiger partial charge in [0.15, 0.2) is 5.82 Å². The van der Waals surface area contributed by atoms with Crippen molar-refractivity contribution in [3.05, 3.63) is 73.9 Å². The Morgan fingerprint density at radius 3 is 2.75 bits per heavy atom. The summed E-state index contributed by atoms with van der Waals surface area (Å²) in [4.78, 5) is 38.5. The zero-order valence-corrected chi connectivity index (χ0v) is 16.0. The molecule has 0 radical (unpaired) electrons.